The second-order valence-corrected chi connectivity index (χ2v) is 4.68. The van der Waals surface area contributed by atoms with Crippen LogP contribution in [0.1, 0.15) is 15.9 Å². The van der Waals surface area contributed by atoms with Gasteiger partial charge in [-0.15, -0.1) is 0 Å². The van der Waals surface area contributed by atoms with E-state index in [0.29, 0.717) is 22.6 Å². The first kappa shape index (κ1) is 15.0. The van der Waals surface area contributed by atoms with E-state index in [9.17, 15) is 13.6 Å². The van der Waals surface area contributed by atoms with E-state index in [-0.39, 0.29) is 18.3 Å². The topological polar surface area (TPSA) is 44.8 Å². The number of alkyl halides is 2. The van der Waals surface area contributed by atoms with Crippen LogP contribution in [0.15, 0.2) is 48.5 Å². The molecule has 0 aliphatic carbocycles. The van der Waals surface area contributed by atoms with Crippen molar-refractivity contribution in [2.75, 3.05) is 6.79 Å². The van der Waals surface area contributed by atoms with Crippen LogP contribution < -0.4 is 14.2 Å². The first-order chi connectivity index (χ1) is 11.1. The molecule has 0 saturated heterocycles. The third kappa shape index (κ3) is 3.48. The maximum Gasteiger partial charge on any atom is 0.387 e. The van der Waals surface area contributed by atoms with Crippen molar-refractivity contribution in [3.8, 4) is 17.2 Å². The zero-order valence-corrected chi connectivity index (χ0v) is 11.9. The number of halogens is 2. The molecule has 0 radical (unpaired) electrons. The average Bonchev–Trinajstić information content (AvgIpc) is 3.00. The number of hydrogen-bond acceptors (Lipinski definition) is 4. The van der Waals surface area contributed by atoms with Crippen molar-refractivity contribution in [1.29, 1.82) is 0 Å². The molecule has 0 fully saturated rings. The van der Waals surface area contributed by atoms with Gasteiger partial charge in [0, 0.05) is 11.1 Å². The summed E-state index contributed by atoms with van der Waals surface area (Å²) < 4.78 is 39.5. The summed E-state index contributed by atoms with van der Waals surface area (Å²) >= 11 is 0. The molecular weight excluding hydrogens is 306 g/mol. The SMILES string of the molecule is O=C(C=Cc1ccccc1OC(F)F)c1ccc2c(c1)OCO2. The lowest BCUT2D eigenvalue weighted by molar-refractivity contribution is -0.0499. The molecule has 0 amide bonds. The van der Waals surface area contributed by atoms with E-state index in [4.69, 9.17) is 9.47 Å². The van der Waals surface area contributed by atoms with Crippen LogP contribution in [-0.4, -0.2) is 19.2 Å². The second-order valence-electron chi connectivity index (χ2n) is 4.68. The Morgan fingerprint density at radius 3 is 2.74 bits per heavy atom. The van der Waals surface area contributed by atoms with Crippen molar-refractivity contribution in [3.05, 3.63) is 59.7 Å². The molecule has 1 aliphatic heterocycles. The first-order valence-corrected chi connectivity index (χ1v) is 6.79. The molecule has 2 aromatic rings. The summed E-state index contributed by atoms with van der Waals surface area (Å²) in [7, 11) is 0. The lowest BCUT2D eigenvalue weighted by Crippen LogP contribution is -2.03. The maximum absolute atomic E-state index is 12.4. The van der Waals surface area contributed by atoms with E-state index in [1.165, 1.54) is 18.2 Å². The number of para-hydroxylation sites is 1. The molecule has 0 aromatic heterocycles. The second kappa shape index (κ2) is 6.48. The highest BCUT2D eigenvalue weighted by Gasteiger charge is 2.15. The molecule has 118 valence electrons. The minimum Gasteiger partial charge on any atom is -0.454 e. The summed E-state index contributed by atoms with van der Waals surface area (Å²) in [6.45, 7) is -2.80. The molecule has 1 aliphatic rings. The molecule has 1 heterocycles. The molecule has 3 rings (SSSR count). The number of ketones is 1. The zero-order valence-electron chi connectivity index (χ0n) is 11.9. The van der Waals surface area contributed by atoms with Gasteiger partial charge in [0.1, 0.15) is 5.75 Å². The minimum absolute atomic E-state index is 0.0113. The van der Waals surface area contributed by atoms with E-state index >= 15 is 0 Å². The number of carbonyl (C=O) groups excluding carboxylic acids is 1. The van der Waals surface area contributed by atoms with Gasteiger partial charge in [-0.25, -0.2) is 0 Å². The molecule has 0 saturated carbocycles. The minimum atomic E-state index is -2.92. The Labute approximate surface area is 130 Å². The van der Waals surface area contributed by atoms with Crippen LogP contribution >= 0.6 is 0 Å². The van der Waals surface area contributed by atoms with Crippen LogP contribution in [0.3, 0.4) is 0 Å². The van der Waals surface area contributed by atoms with Gasteiger partial charge >= 0.3 is 6.61 Å². The van der Waals surface area contributed by atoms with Crippen LogP contribution in [0.5, 0.6) is 17.2 Å². The van der Waals surface area contributed by atoms with Crippen molar-refractivity contribution in [1.82, 2.24) is 0 Å². The molecule has 0 bridgehead atoms. The number of ether oxygens (including phenoxy) is 3. The number of carbonyl (C=O) groups is 1. The molecular formula is C17H12F2O4. The zero-order chi connectivity index (χ0) is 16.2. The normalized spacial score (nSPS) is 12.8. The van der Waals surface area contributed by atoms with Crippen LogP contribution in [-0.2, 0) is 0 Å². The Morgan fingerprint density at radius 2 is 1.91 bits per heavy atom. The predicted octanol–water partition coefficient (Wildman–Crippen LogP) is 3.91. The fourth-order valence-corrected chi connectivity index (χ4v) is 2.13. The van der Waals surface area contributed by atoms with Gasteiger partial charge in [-0.2, -0.15) is 8.78 Å². The molecule has 0 spiro atoms. The van der Waals surface area contributed by atoms with Gasteiger partial charge in [-0.1, -0.05) is 18.2 Å². The molecule has 0 unspecified atom stereocenters. The van der Waals surface area contributed by atoms with Crippen LogP contribution in [0.4, 0.5) is 8.78 Å². The Morgan fingerprint density at radius 1 is 1.13 bits per heavy atom. The number of rotatable bonds is 5. The van der Waals surface area contributed by atoms with E-state index in [2.05, 4.69) is 4.74 Å². The van der Waals surface area contributed by atoms with Gasteiger partial charge < -0.3 is 14.2 Å². The van der Waals surface area contributed by atoms with Crippen molar-refractivity contribution < 1.29 is 27.8 Å². The standard InChI is InChI=1S/C17H12F2O4/c18-17(19)23-14-4-2-1-3-11(14)5-7-13(20)12-6-8-15-16(9-12)22-10-21-15/h1-9,17H,10H2. The Bertz CT molecular complexity index is 756. The molecule has 0 atom stereocenters. The summed E-state index contributed by atoms with van der Waals surface area (Å²) in [5, 5.41) is 0. The third-order valence-corrected chi connectivity index (χ3v) is 3.21. The quantitative estimate of drug-likeness (QED) is 0.619. The lowest BCUT2D eigenvalue weighted by atomic mass is 10.1. The maximum atomic E-state index is 12.4. The number of allylic oxidation sites excluding steroid dienone is 1. The Kier molecular flexibility index (Phi) is 4.23. The van der Waals surface area contributed by atoms with Gasteiger partial charge in [-0.3, -0.25) is 4.79 Å². The third-order valence-electron chi connectivity index (χ3n) is 3.21. The molecule has 4 nitrogen and oxygen atoms in total. The molecule has 23 heavy (non-hydrogen) atoms. The summed E-state index contributed by atoms with van der Waals surface area (Å²) in [6.07, 6.45) is 2.73. The number of fused-ring (bicyclic) bond motifs is 1. The first-order valence-electron chi connectivity index (χ1n) is 6.79. The molecule has 0 N–H and O–H groups in total. The van der Waals surface area contributed by atoms with Gasteiger partial charge in [0.05, 0.1) is 0 Å². The van der Waals surface area contributed by atoms with E-state index in [1.54, 1.807) is 36.4 Å². The molecule has 6 heteroatoms. The summed E-state index contributed by atoms with van der Waals surface area (Å²) in [5.41, 5.74) is 0.805. The highest BCUT2D eigenvalue weighted by atomic mass is 19.3. The average molecular weight is 318 g/mol. The van der Waals surface area contributed by atoms with Crippen LogP contribution in [0.2, 0.25) is 0 Å². The summed E-state index contributed by atoms with van der Waals surface area (Å²) in [6, 6.07) is 11.1. The van der Waals surface area contributed by atoms with Crippen molar-refractivity contribution in [2.45, 2.75) is 6.61 Å². The van der Waals surface area contributed by atoms with Gasteiger partial charge in [0.2, 0.25) is 6.79 Å². The van der Waals surface area contributed by atoms with E-state index in [0.717, 1.165) is 0 Å². The van der Waals surface area contributed by atoms with Crippen LogP contribution in [0, 0.1) is 0 Å². The van der Waals surface area contributed by atoms with Crippen LogP contribution in [0.25, 0.3) is 6.08 Å². The highest BCUT2D eigenvalue weighted by molar-refractivity contribution is 6.07. The van der Waals surface area contributed by atoms with Crippen molar-refractivity contribution in [3.63, 3.8) is 0 Å². The fourth-order valence-electron chi connectivity index (χ4n) is 2.13. The number of benzene rings is 2. The Balaban J connectivity index is 1.79. The van der Waals surface area contributed by atoms with Gasteiger partial charge in [0.15, 0.2) is 17.3 Å². The Hall–Kier alpha value is -2.89. The highest BCUT2D eigenvalue weighted by Crippen LogP contribution is 2.32. The largest absolute Gasteiger partial charge is 0.454 e. The number of hydrogen-bond donors (Lipinski definition) is 0. The van der Waals surface area contributed by atoms with E-state index in [1.807, 2.05) is 0 Å². The van der Waals surface area contributed by atoms with Crippen molar-refractivity contribution in [2.24, 2.45) is 0 Å². The summed E-state index contributed by atoms with van der Waals surface area (Å²) in [4.78, 5) is 12.2. The lowest BCUT2D eigenvalue weighted by Gasteiger charge is -2.07. The predicted molar refractivity (Wildman–Crippen MR) is 79.0 cm³/mol. The van der Waals surface area contributed by atoms with E-state index < -0.39 is 6.61 Å². The smallest absolute Gasteiger partial charge is 0.387 e. The summed E-state index contributed by atoms with van der Waals surface area (Å²) in [5.74, 6) is 0.819. The fraction of sp³-hybridized carbons (Fsp3) is 0.118. The van der Waals surface area contributed by atoms with Gasteiger partial charge in [-0.05, 0) is 36.4 Å². The van der Waals surface area contributed by atoms with Crippen molar-refractivity contribution >= 4 is 11.9 Å². The van der Waals surface area contributed by atoms with Gasteiger partial charge in [0.25, 0.3) is 0 Å². The monoisotopic (exact) mass is 318 g/mol. The molecule has 2 aromatic carbocycles.